The van der Waals surface area contributed by atoms with Gasteiger partial charge in [-0.2, -0.15) is 0 Å². The number of hydrogen-bond acceptors (Lipinski definition) is 4. The van der Waals surface area contributed by atoms with E-state index in [1.54, 1.807) is 0 Å². The molecule has 2 rings (SSSR count). The van der Waals surface area contributed by atoms with Gasteiger partial charge in [-0.25, -0.2) is 8.78 Å². The standard InChI is InChI=1S/C12H6BrF2N3O3/c13-7-3-6(4-16-5-7)12(19)17-11-9(18(20)21)2-1-8(14)10(11)15/h1-5H,(H,17,19). The number of rotatable bonds is 3. The fourth-order valence-corrected chi connectivity index (χ4v) is 1.90. The molecule has 1 amide bonds. The number of anilines is 1. The summed E-state index contributed by atoms with van der Waals surface area (Å²) in [6.45, 7) is 0. The van der Waals surface area contributed by atoms with Gasteiger partial charge in [-0.15, -0.1) is 0 Å². The Hall–Kier alpha value is -2.42. The highest BCUT2D eigenvalue weighted by atomic mass is 79.9. The lowest BCUT2D eigenvalue weighted by Crippen LogP contribution is -2.15. The van der Waals surface area contributed by atoms with Crippen LogP contribution in [-0.4, -0.2) is 15.8 Å². The molecule has 1 heterocycles. The molecule has 1 aromatic heterocycles. The number of pyridine rings is 1. The summed E-state index contributed by atoms with van der Waals surface area (Å²) in [6.07, 6.45) is 2.60. The van der Waals surface area contributed by atoms with E-state index in [2.05, 4.69) is 20.9 Å². The van der Waals surface area contributed by atoms with E-state index >= 15 is 0 Å². The van der Waals surface area contributed by atoms with E-state index in [-0.39, 0.29) is 5.56 Å². The van der Waals surface area contributed by atoms with Crippen LogP contribution in [0.5, 0.6) is 0 Å². The van der Waals surface area contributed by atoms with Crippen molar-refractivity contribution in [2.75, 3.05) is 5.32 Å². The first-order valence-corrected chi connectivity index (χ1v) is 6.23. The number of nitrogens with zero attached hydrogens (tertiary/aromatic N) is 2. The number of nitro benzene ring substituents is 1. The number of amides is 1. The summed E-state index contributed by atoms with van der Waals surface area (Å²) >= 11 is 3.09. The van der Waals surface area contributed by atoms with Gasteiger partial charge >= 0.3 is 0 Å². The van der Waals surface area contributed by atoms with Crippen LogP contribution < -0.4 is 5.32 Å². The van der Waals surface area contributed by atoms with Crippen molar-refractivity contribution >= 4 is 33.2 Å². The van der Waals surface area contributed by atoms with E-state index in [4.69, 9.17) is 0 Å². The van der Waals surface area contributed by atoms with Crippen LogP contribution in [0, 0.1) is 21.7 Å². The largest absolute Gasteiger partial charge is 0.314 e. The Bertz CT molecular complexity index is 740. The van der Waals surface area contributed by atoms with Crippen LogP contribution >= 0.6 is 15.9 Å². The van der Waals surface area contributed by atoms with E-state index in [0.717, 1.165) is 6.07 Å². The quantitative estimate of drug-likeness (QED) is 0.674. The zero-order valence-electron chi connectivity index (χ0n) is 10.1. The van der Waals surface area contributed by atoms with Crippen LogP contribution in [-0.2, 0) is 0 Å². The highest BCUT2D eigenvalue weighted by molar-refractivity contribution is 9.10. The second-order valence-electron chi connectivity index (χ2n) is 3.86. The average molecular weight is 358 g/mol. The first-order valence-electron chi connectivity index (χ1n) is 5.44. The maximum Gasteiger partial charge on any atom is 0.296 e. The third kappa shape index (κ3) is 3.19. The summed E-state index contributed by atoms with van der Waals surface area (Å²) < 4.78 is 27.3. The smallest absolute Gasteiger partial charge is 0.296 e. The van der Waals surface area contributed by atoms with Crippen LogP contribution in [0.25, 0.3) is 0 Å². The predicted molar refractivity (Wildman–Crippen MR) is 72.9 cm³/mol. The Morgan fingerprint density at radius 2 is 2.05 bits per heavy atom. The van der Waals surface area contributed by atoms with Gasteiger partial charge in [0.1, 0.15) is 0 Å². The number of halogens is 3. The first kappa shape index (κ1) is 15.0. The van der Waals surface area contributed by atoms with Crippen LogP contribution in [0.1, 0.15) is 10.4 Å². The minimum absolute atomic E-state index is 0.0299. The third-order valence-corrected chi connectivity index (χ3v) is 2.91. The monoisotopic (exact) mass is 357 g/mol. The zero-order chi connectivity index (χ0) is 15.6. The molecule has 21 heavy (non-hydrogen) atoms. The number of hydrogen-bond donors (Lipinski definition) is 1. The fraction of sp³-hybridized carbons (Fsp3) is 0. The Balaban J connectivity index is 2.41. The summed E-state index contributed by atoms with van der Waals surface area (Å²) in [5.74, 6) is -3.65. The molecule has 0 aliphatic rings. The molecule has 0 fully saturated rings. The van der Waals surface area contributed by atoms with Crippen molar-refractivity contribution in [1.82, 2.24) is 4.98 Å². The highest BCUT2D eigenvalue weighted by Crippen LogP contribution is 2.29. The van der Waals surface area contributed by atoms with Crippen LogP contribution in [0.15, 0.2) is 35.1 Å². The summed E-state index contributed by atoms with van der Waals surface area (Å²) in [7, 11) is 0. The van der Waals surface area contributed by atoms with Gasteiger partial charge < -0.3 is 5.32 Å². The van der Waals surface area contributed by atoms with Crippen molar-refractivity contribution in [3.8, 4) is 0 Å². The van der Waals surface area contributed by atoms with Crippen LogP contribution in [0.4, 0.5) is 20.2 Å². The Morgan fingerprint density at radius 1 is 1.33 bits per heavy atom. The number of carbonyl (C=O) groups excluding carboxylic acids is 1. The van der Waals surface area contributed by atoms with E-state index < -0.39 is 33.8 Å². The number of aromatic nitrogens is 1. The van der Waals surface area contributed by atoms with Crippen molar-refractivity contribution in [2.45, 2.75) is 0 Å². The molecule has 0 unspecified atom stereocenters. The molecule has 6 nitrogen and oxygen atoms in total. The minimum atomic E-state index is -1.50. The van der Waals surface area contributed by atoms with Gasteiger partial charge in [0.05, 0.1) is 10.5 Å². The summed E-state index contributed by atoms with van der Waals surface area (Å²) in [5, 5.41) is 12.8. The molecular formula is C12H6BrF2N3O3. The van der Waals surface area contributed by atoms with E-state index in [1.165, 1.54) is 18.5 Å². The van der Waals surface area contributed by atoms with E-state index in [1.807, 2.05) is 5.32 Å². The number of benzene rings is 1. The lowest BCUT2D eigenvalue weighted by molar-refractivity contribution is -0.384. The second kappa shape index (κ2) is 5.92. The van der Waals surface area contributed by atoms with Crippen molar-refractivity contribution in [2.24, 2.45) is 0 Å². The van der Waals surface area contributed by atoms with Gasteiger partial charge in [0.2, 0.25) is 0 Å². The zero-order valence-corrected chi connectivity index (χ0v) is 11.7. The molecule has 1 aromatic carbocycles. The summed E-state index contributed by atoms with van der Waals surface area (Å²) in [6, 6.07) is 2.77. The topological polar surface area (TPSA) is 85.1 Å². The maximum absolute atomic E-state index is 13.7. The van der Waals surface area contributed by atoms with Gasteiger partial charge in [-0.1, -0.05) is 0 Å². The third-order valence-electron chi connectivity index (χ3n) is 2.48. The molecule has 0 spiro atoms. The van der Waals surface area contributed by atoms with Crippen LogP contribution in [0.3, 0.4) is 0 Å². The summed E-state index contributed by atoms with van der Waals surface area (Å²) in [4.78, 5) is 25.5. The normalized spacial score (nSPS) is 10.2. The number of nitro groups is 1. The van der Waals surface area contributed by atoms with Crippen molar-refractivity contribution in [3.05, 3.63) is 62.4 Å². The molecule has 9 heteroatoms. The Kier molecular flexibility index (Phi) is 4.22. The molecule has 2 aromatic rings. The summed E-state index contributed by atoms with van der Waals surface area (Å²) in [5.41, 5.74) is -1.54. The van der Waals surface area contributed by atoms with Gasteiger partial charge in [-0.3, -0.25) is 19.9 Å². The van der Waals surface area contributed by atoms with E-state index in [9.17, 15) is 23.7 Å². The molecule has 0 atom stereocenters. The SMILES string of the molecule is O=C(Nc1c([N+](=O)[O-])ccc(F)c1F)c1cncc(Br)c1. The molecule has 0 saturated carbocycles. The molecule has 0 radical (unpaired) electrons. The predicted octanol–water partition coefficient (Wildman–Crippen LogP) is 3.28. The van der Waals surface area contributed by atoms with Gasteiger partial charge in [-0.05, 0) is 28.1 Å². The van der Waals surface area contributed by atoms with Gasteiger partial charge in [0.15, 0.2) is 17.3 Å². The van der Waals surface area contributed by atoms with Crippen molar-refractivity contribution < 1.29 is 18.5 Å². The lowest BCUT2D eigenvalue weighted by Gasteiger charge is -2.07. The molecule has 1 N–H and O–H groups in total. The molecule has 0 aliphatic carbocycles. The van der Waals surface area contributed by atoms with Crippen LogP contribution in [0.2, 0.25) is 0 Å². The molecule has 0 saturated heterocycles. The molecule has 0 bridgehead atoms. The highest BCUT2D eigenvalue weighted by Gasteiger charge is 2.23. The number of nitrogens with one attached hydrogen (secondary N) is 1. The Labute approximate surface area is 125 Å². The Morgan fingerprint density at radius 3 is 2.67 bits per heavy atom. The minimum Gasteiger partial charge on any atom is -0.314 e. The van der Waals surface area contributed by atoms with Crippen molar-refractivity contribution in [1.29, 1.82) is 0 Å². The molecule has 108 valence electrons. The van der Waals surface area contributed by atoms with Gasteiger partial charge in [0, 0.05) is 22.9 Å². The maximum atomic E-state index is 13.7. The van der Waals surface area contributed by atoms with Gasteiger partial charge in [0.25, 0.3) is 11.6 Å². The fourth-order valence-electron chi connectivity index (χ4n) is 1.53. The molecular weight excluding hydrogens is 352 g/mol. The molecule has 0 aliphatic heterocycles. The number of carbonyl (C=O) groups is 1. The van der Waals surface area contributed by atoms with Crippen molar-refractivity contribution in [3.63, 3.8) is 0 Å². The lowest BCUT2D eigenvalue weighted by atomic mass is 10.2. The second-order valence-corrected chi connectivity index (χ2v) is 4.77. The average Bonchev–Trinajstić information content (AvgIpc) is 2.43. The van der Waals surface area contributed by atoms with E-state index in [0.29, 0.717) is 10.5 Å². The first-order chi connectivity index (χ1) is 9.90.